The van der Waals surface area contributed by atoms with E-state index in [4.69, 9.17) is 4.74 Å². The quantitative estimate of drug-likeness (QED) is 0.799. The molecule has 0 fully saturated rings. The molecule has 3 aromatic rings. The van der Waals surface area contributed by atoms with Crippen molar-refractivity contribution in [2.45, 2.75) is 13.3 Å². The number of nitrogens with zero attached hydrogens (tertiary/aromatic N) is 1. The third-order valence-corrected chi connectivity index (χ3v) is 3.64. The Kier molecular flexibility index (Phi) is 4.24. The van der Waals surface area contributed by atoms with E-state index in [2.05, 4.69) is 10.3 Å². The van der Waals surface area contributed by atoms with Crippen molar-refractivity contribution in [3.63, 3.8) is 0 Å². The number of pyridine rings is 1. The van der Waals surface area contributed by atoms with Gasteiger partial charge in [-0.25, -0.2) is 0 Å². The normalized spacial score (nSPS) is 10.5. The third-order valence-electron chi connectivity index (χ3n) is 3.64. The second-order valence-electron chi connectivity index (χ2n) is 5.46. The van der Waals surface area contributed by atoms with Gasteiger partial charge in [0.05, 0.1) is 24.7 Å². The average molecular weight is 306 g/mol. The lowest BCUT2D eigenvalue weighted by molar-refractivity contribution is -0.115. The van der Waals surface area contributed by atoms with E-state index in [1.54, 1.807) is 19.4 Å². The minimum Gasteiger partial charge on any atom is -0.497 e. The highest BCUT2D eigenvalue weighted by atomic mass is 16.5. The number of rotatable bonds is 4. The number of methoxy groups -OCH3 is 1. The number of amides is 1. The number of carbonyl (C=O) groups excluding carboxylic acids is 1. The largest absolute Gasteiger partial charge is 0.497 e. The van der Waals surface area contributed by atoms with Crippen LogP contribution in [0.15, 0.2) is 54.7 Å². The number of fused-ring (bicyclic) bond motifs is 1. The molecule has 3 rings (SSSR count). The highest BCUT2D eigenvalue weighted by molar-refractivity contribution is 6.01. The topological polar surface area (TPSA) is 51.2 Å². The number of aromatic nitrogens is 1. The summed E-state index contributed by atoms with van der Waals surface area (Å²) >= 11 is 0. The summed E-state index contributed by atoms with van der Waals surface area (Å²) in [5.41, 5.74) is 3.55. The van der Waals surface area contributed by atoms with Crippen molar-refractivity contribution in [1.82, 2.24) is 4.98 Å². The molecule has 2 aromatic carbocycles. The fourth-order valence-corrected chi connectivity index (χ4v) is 2.58. The summed E-state index contributed by atoms with van der Waals surface area (Å²) < 4.78 is 5.30. The summed E-state index contributed by atoms with van der Waals surface area (Å²) in [6.45, 7) is 2.01. The number of ether oxygens (including phenoxy) is 1. The molecule has 4 heteroatoms. The second-order valence-corrected chi connectivity index (χ2v) is 5.46. The van der Waals surface area contributed by atoms with Gasteiger partial charge in [0.25, 0.3) is 0 Å². The van der Waals surface area contributed by atoms with Crippen molar-refractivity contribution in [3.05, 3.63) is 65.9 Å². The minimum atomic E-state index is -0.0733. The standard InChI is InChI=1S/C19H18N2O2/c1-13-5-3-6-14(9-13)10-18(22)21-17-12-16(23-2)11-15-7-4-8-20-19(15)17/h3-9,11-12H,10H2,1-2H3,(H,21,22). The van der Waals surface area contributed by atoms with Crippen LogP contribution >= 0.6 is 0 Å². The Balaban J connectivity index is 1.87. The van der Waals surface area contributed by atoms with E-state index in [9.17, 15) is 4.79 Å². The predicted molar refractivity (Wildman–Crippen MR) is 91.8 cm³/mol. The highest BCUT2D eigenvalue weighted by Gasteiger charge is 2.10. The zero-order valence-corrected chi connectivity index (χ0v) is 13.2. The molecule has 0 bridgehead atoms. The number of benzene rings is 2. The number of aryl methyl sites for hydroxylation is 1. The van der Waals surface area contributed by atoms with Gasteiger partial charge in [0, 0.05) is 17.6 Å². The van der Waals surface area contributed by atoms with Crippen LogP contribution in [0.5, 0.6) is 5.75 Å². The van der Waals surface area contributed by atoms with Gasteiger partial charge in [0.1, 0.15) is 5.75 Å². The zero-order chi connectivity index (χ0) is 16.2. The maximum Gasteiger partial charge on any atom is 0.228 e. The molecule has 0 radical (unpaired) electrons. The number of hydrogen-bond donors (Lipinski definition) is 1. The smallest absolute Gasteiger partial charge is 0.228 e. The van der Waals surface area contributed by atoms with Crippen molar-refractivity contribution < 1.29 is 9.53 Å². The first kappa shape index (κ1) is 15.0. The van der Waals surface area contributed by atoms with Crippen molar-refractivity contribution >= 4 is 22.5 Å². The molecule has 0 aliphatic carbocycles. The molecule has 0 aliphatic rings. The van der Waals surface area contributed by atoms with E-state index in [0.717, 1.165) is 22.0 Å². The maximum absolute atomic E-state index is 12.4. The van der Waals surface area contributed by atoms with Crippen LogP contribution in [0.3, 0.4) is 0 Å². The molecular formula is C19H18N2O2. The van der Waals surface area contributed by atoms with Crippen LogP contribution in [0.1, 0.15) is 11.1 Å². The molecule has 1 N–H and O–H groups in total. The first-order chi connectivity index (χ1) is 11.2. The molecule has 0 unspecified atom stereocenters. The van der Waals surface area contributed by atoms with Crippen LogP contribution in [0.4, 0.5) is 5.69 Å². The Bertz CT molecular complexity index is 859. The molecule has 1 amide bonds. The molecule has 23 heavy (non-hydrogen) atoms. The average Bonchev–Trinajstić information content (AvgIpc) is 2.54. The van der Waals surface area contributed by atoms with Gasteiger partial charge in [-0.05, 0) is 24.6 Å². The Morgan fingerprint density at radius 3 is 2.83 bits per heavy atom. The number of carbonyl (C=O) groups is 1. The second kappa shape index (κ2) is 6.48. The van der Waals surface area contributed by atoms with Crippen molar-refractivity contribution in [2.24, 2.45) is 0 Å². The number of nitrogens with one attached hydrogen (secondary N) is 1. The molecule has 1 heterocycles. The first-order valence-corrected chi connectivity index (χ1v) is 7.44. The fourth-order valence-electron chi connectivity index (χ4n) is 2.58. The molecule has 116 valence electrons. The fraction of sp³-hybridized carbons (Fsp3) is 0.158. The molecule has 4 nitrogen and oxygen atoms in total. The van der Waals surface area contributed by atoms with Crippen LogP contribution in [-0.2, 0) is 11.2 Å². The van der Waals surface area contributed by atoms with E-state index in [1.807, 2.05) is 49.4 Å². The third kappa shape index (κ3) is 3.48. The van der Waals surface area contributed by atoms with Crippen molar-refractivity contribution in [1.29, 1.82) is 0 Å². The zero-order valence-electron chi connectivity index (χ0n) is 13.2. The molecule has 0 atom stereocenters. The van der Waals surface area contributed by atoms with Crippen LogP contribution in [0.25, 0.3) is 10.9 Å². The lowest BCUT2D eigenvalue weighted by Crippen LogP contribution is -2.15. The summed E-state index contributed by atoms with van der Waals surface area (Å²) in [6.07, 6.45) is 2.04. The summed E-state index contributed by atoms with van der Waals surface area (Å²) in [4.78, 5) is 16.7. The van der Waals surface area contributed by atoms with Crippen molar-refractivity contribution in [2.75, 3.05) is 12.4 Å². The van der Waals surface area contributed by atoms with Gasteiger partial charge in [-0.2, -0.15) is 0 Å². The monoisotopic (exact) mass is 306 g/mol. The van der Waals surface area contributed by atoms with Gasteiger partial charge in [0.15, 0.2) is 0 Å². The van der Waals surface area contributed by atoms with E-state index in [0.29, 0.717) is 17.9 Å². The molecule has 0 saturated carbocycles. The van der Waals surface area contributed by atoms with Gasteiger partial charge in [-0.1, -0.05) is 35.9 Å². The molecule has 0 aliphatic heterocycles. The van der Waals surface area contributed by atoms with Gasteiger partial charge in [-0.3, -0.25) is 9.78 Å². The highest BCUT2D eigenvalue weighted by Crippen LogP contribution is 2.27. The Morgan fingerprint density at radius 2 is 2.04 bits per heavy atom. The number of anilines is 1. The number of hydrogen-bond acceptors (Lipinski definition) is 3. The van der Waals surface area contributed by atoms with Gasteiger partial charge >= 0.3 is 0 Å². The summed E-state index contributed by atoms with van der Waals surface area (Å²) in [5.74, 6) is 0.618. The van der Waals surface area contributed by atoms with Gasteiger partial charge in [0.2, 0.25) is 5.91 Å². The lowest BCUT2D eigenvalue weighted by atomic mass is 10.1. The predicted octanol–water partition coefficient (Wildman–Crippen LogP) is 3.73. The lowest BCUT2D eigenvalue weighted by Gasteiger charge is -2.10. The Labute approximate surface area is 135 Å². The maximum atomic E-state index is 12.4. The van der Waals surface area contributed by atoms with E-state index >= 15 is 0 Å². The molecular weight excluding hydrogens is 288 g/mol. The summed E-state index contributed by atoms with van der Waals surface area (Å²) in [5, 5.41) is 3.87. The van der Waals surface area contributed by atoms with Gasteiger partial charge in [-0.15, -0.1) is 0 Å². The molecule has 0 spiro atoms. The molecule has 1 aromatic heterocycles. The summed E-state index contributed by atoms with van der Waals surface area (Å²) in [6, 6.07) is 15.4. The van der Waals surface area contributed by atoms with E-state index in [1.165, 1.54) is 0 Å². The van der Waals surface area contributed by atoms with Crippen LogP contribution in [-0.4, -0.2) is 18.0 Å². The van der Waals surface area contributed by atoms with Crippen LogP contribution in [0.2, 0.25) is 0 Å². The summed E-state index contributed by atoms with van der Waals surface area (Å²) in [7, 11) is 1.61. The van der Waals surface area contributed by atoms with Crippen LogP contribution in [0, 0.1) is 6.92 Å². The molecule has 0 saturated heterocycles. The van der Waals surface area contributed by atoms with Gasteiger partial charge < -0.3 is 10.1 Å². The van der Waals surface area contributed by atoms with E-state index < -0.39 is 0 Å². The van der Waals surface area contributed by atoms with E-state index in [-0.39, 0.29) is 5.91 Å². The van der Waals surface area contributed by atoms with Crippen molar-refractivity contribution in [3.8, 4) is 5.75 Å². The van der Waals surface area contributed by atoms with Crippen LogP contribution < -0.4 is 10.1 Å². The first-order valence-electron chi connectivity index (χ1n) is 7.44. The Morgan fingerprint density at radius 1 is 1.17 bits per heavy atom. The SMILES string of the molecule is COc1cc(NC(=O)Cc2cccc(C)c2)c2ncccc2c1. The minimum absolute atomic E-state index is 0.0733. The Hall–Kier alpha value is -2.88.